The van der Waals surface area contributed by atoms with Crippen LogP contribution in [0.4, 0.5) is 5.69 Å². The molecule has 0 radical (unpaired) electrons. The van der Waals surface area contributed by atoms with Crippen LogP contribution in [0.15, 0.2) is 105 Å². The molecule has 0 atom stereocenters. The van der Waals surface area contributed by atoms with Gasteiger partial charge < -0.3 is 0 Å². The molecule has 0 aliphatic carbocycles. The summed E-state index contributed by atoms with van der Waals surface area (Å²) in [6, 6.07) is 29.6. The van der Waals surface area contributed by atoms with Crippen molar-refractivity contribution in [2.45, 2.75) is 19.4 Å². The SMILES string of the molecule is O=S(=O)([O-])CCCN1/C(=C/C(=C/c2oc3ccc4ccccc4c3[n+]2CCCS(=O)(=O)[O-])c2ccccc2)[Te]c2ccccc21.[K+]. The third-order valence-corrected chi connectivity index (χ3v) is 12.2. The molecule has 1 aromatic heterocycles. The number of nitrogens with zero attached hydrogens (tertiary/aromatic N) is 2. The predicted octanol–water partition coefficient (Wildman–Crippen LogP) is 0.980. The third kappa shape index (κ3) is 8.58. The standard InChI is InChI=1S/C33H30N2O7S2Te.K/c36-43(37,38)20-8-18-34-28-14-6-7-15-30(28)45-32(34)23-26(24-10-2-1-3-11-24)22-31-35(19-9-21-44(39,40)41)33-27-13-5-4-12-25(27)16-17-29(33)42-31;/h1-7,10-17,22-23H,8-9,18-21H2,(H-,36,37,38,39,40,41);/q;+1/p-1. The van der Waals surface area contributed by atoms with E-state index in [1.807, 2.05) is 95.6 Å². The molecule has 0 saturated carbocycles. The van der Waals surface area contributed by atoms with Gasteiger partial charge in [0.25, 0.3) is 0 Å². The number of fused-ring (bicyclic) bond motifs is 4. The molecular formula is C33H29KN2O7S2Te. The van der Waals surface area contributed by atoms with Gasteiger partial charge in [0.15, 0.2) is 0 Å². The Hall–Kier alpha value is -1.86. The molecule has 1 aliphatic rings. The Morgan fingerprint density at radius 1 is 0.826 bits per heavy atom. The van der Waals surface area contributed by atoms with Gasteiger partial charge in [-0.3, -0.25) is 0 Å². The summed E-state index contributed by atoms with van der Waals surface area (Å²) in [5.41, 5.74) is 4.23. The van der Waals surface area contributed by atoms with Crippen LogP contribution in [0, 0.1) is 0 Å². The van der Waals surface area contributed by atoms with Crippen molar-refractivity contribution in [2.24, 2.45) is 0 Å². The number of allylic oxidation sites excluding steroid dienone is 2. The number of rotatable bonds is 11. The van der Waals surface area contributed by atoms with E-state index in [4.69, 9.17) is 4.42 Å². The summed E-state index contributed by atoms with van der Waals surface area (Å²) in [5, 5.41) is 1.95. The molecule has 0 saturated heterocycles. The number of aromatic nitrogens is 1. The van der Waals surface area contributed by atoms with Crippen LogP contribution in [-0.2, 0) is 26.8 Å². The summed E-state index contributed by atoms with van der Waals surface area (Å²) in [7, 11) is -8.73. The Morgan fingerprint density at radius 2 is 1.50 bits per heavy atom. The van der Waals surface area contributed by atoms with Gasteiger partial charge in [0, 0.05) is 0 Å². The molecule has 0 bridgehead atoms. The zero-order valence-electron chi connectivity index (χ0n) is 25.0. The smallest absolute Gasteiger partial charge is 1.00 e. The largest absolute Gasteiger partial charge is 1.00 e. The van der Waals surface area contributed by atoms with E-state index in [1.54, 1.807) is 0 Å². The van der Waals surface area contributed by atoms with Crippen LogP contribution in [0.3, 0.4) is 0 Å². The van der Waals surface area contributed by atoms with Crippen molar-refractivity contribution >= 4 is 84.0 Å². The first kappa shape index (κ1) is 35.4. The fraction of sp³-hybridized carbons (Fsp3) is 0.182. The minimum absolute atomic E-state index is 0. The Kier molecular flexibility index (Phi) is 11.7. The van der Waals surface area contributed by atoms with Crippen molar-refractivity contribution in [3.63, 3.8) is 0 Å². The second-order valence-corrected chi connectivity index (χ2v) is 16.7. The van der Waals surface area contributed by atoms with Crippen molar-refractivity contribution in [1.82, 2.24) is 0 Å². The molecule has 4 aromatic carbocycles. The Morgan fingerprint density at radius 3 is 2.26 bits per heavy atom. The monoisotopic (exact) mass is 798 g/mol. The summed E-state index contributed by atoms with van der Waals surface area (Å²) in [6.45, 7) is 0.639. The maximum absolute atomic E-state index is 11.5. The first-order valence-corrected chi connectivity index (χ1v) is 19.8. The second kappa shape index (κ2) is 15.1. The van der Waals surface area contributed by atoms with Gasteiger partial charge in [0.2, 0.25) is 0 Å². The second-order valence-electron chi connectivity index (χ2n) is 10.6. The molecule has 0 spiro atoms. The van der Waals surface area contributed by atoms with E-state index in [0.29, 0.717) is 18.0 Å². The number of para-hydroxylation sites is 1. The molecule has 0 fully saturated rings. The van der Waals surface area contributed by atoms with E-state index in [-0.39, 0.29) is 70.8 Å². The van der Waals surface area contributed by atoms with Crippen LogP contribution < -0.4 is 64.5 Å². The van der Waals surface area contributed by atoms with Crippen molar-refractivity contribution in [3.05, 3.63) is 112 Å². The van der Waals surface area contributed by atoms with Crippen LogP contribution in [0.1, 0.15) is 24.3 Å². The van der Waals surface area contributed by atoms with Gasteiger partial charge in [-0.15, -0.1) is 0 Å². The van der Waals surface area contributed by atoms with Gasteiger partial charge in [0.1, 0.15) is 0 Å². The van der Waals surface area contributed by atoms with E-state index in [1.165, 1.54) is 3.61 Å². The van der Waals surface area contributed by atoms with Gasteiger partial charge in [-0.2, -0.15) is 0 Å². The van der Waals surface area contributed by atoms with E-state index in [2.05, 4.69) is 17.0 Å². The normalized spacial score (nSPS) is 14.6. The molecule has 0 amide bonds. The Labute approximate surface area is 321 Å². The molecule has 0 unspecified atom stereocenters. The van der Waals surface area contributed by atoms with Crippen LogP contribution in [-0.4, -0.2) is 64.9 Å². The zero-order valence-corrected chi connectivity index (χ0v) is 32.1. The fourth-order valence-corrected chi connectivity index (χ4v) is 9.72. The van der Waals surface area contributed by atoms with Crippen LogP contribution >= 0.6 is 0 Å². The van der Waals surface area contributed by atoms with Crippen LogP contribution in [0.25, 0.3) is 33.5 Å². The minimum atomic E-state index is -4.39. The maximum Gasteiger partial charge on any atom is 1.00 e. The number of benzene rings is 4. The molecule has 1 aliphatic heterocycles. The number of oxazole rings is 1. The van der Waals surface area contributed by atoms with Crippen molar-refractivity contribution in [3.8, 4) is 0 Å². The summed E-state index contributed by atoms with van der Waals surface area (Å²) in [6.07, 6.45) is 4.35. The molecule has 6 rings (SSSR count). The average molecular weight is 796 g/mol. The van der Waals surface area contributed by atoms with E-state index in [9.17, 15) is 25.9 Å². The molecule has 9 nitrogen and oxygen atoms in total. The number of hydrogen-bond donors (Lipinski definition) is 0. The quantitative estimate of drug-likeness (QED) is 0.110. The van der Waals surface area contributed by atoms with Crippen molar-refractivity contribution in [2.75, 3.05) is 23.0 Å². The average Bonchev–Trinajstić information content (AvgIpc) is 3.53. The van der Waals surface area contributed by atoms with E-state index in [0.717, 1.165) is 36.9 Å². The summed E-state index contributed by atoms with van der Waals surface area (Å²) >= 11 is -0.852. The van der Waals surface area contributed by atoms with Crippen molar-refractivity contribution in [1.29, 1.82) is 0 Å². The molecule has 0 N–H and O–H groups in total. The van der Waals surface area contributed by atoms with Gasteiger partial charge in [-0.25, -0.2) is 0 Å². The molecule has 232 valence electrons. The summed E-state index contributed by atoms with van der Waals surface area (Å²) in [4.78, 5) is 2.11. The number of hydrogen-bond acceptors (Lipinski definition) is 8. The first-order chi connectivity index (χ1) is 21.6. The van der Waals surface area contributed by atoms with Gasteiger partial charge in [-0.1, -0.05) is 0 Å². The minimum Gasteiger partial charge on any atom is 1.00 e. The number of anilines is 1. The van der Waals surface area contributed by atoms with Gasteiger partial charge >= 0.3 is 325 Å². The van der Waals surface area contributed by atoms with Crippen LogP contribution in [0.5, 0.6) is 0 Å². The Bertz CT molecular complexity index is 2170. The first-order valence-electron chi connectivity index (χ1n) is 14.3. The van der Waals surface area contributed by atoms with E-state index >= 15 is 0 Å². The molecule has 13 heteroatoms. The molecular weight excluding hydrogens is 767 g/mol. The maximum atomic E-state index is 11.5. The van der Waals surface area contributed by atoms with Crippen molar-refractivity contribution < 1.29 is 86.3 Å². The predicted molar refractivity (Wildman–Crippen MR) is 174 cm³/mol. The molecule has 2 heterocycles. The van der Waals surface area contributed by atoms with Crippen LogP contribution in [0.2, 0.25) is 0 Å². The third-order valence-electron chi connectivity index (χ3n) is 7.47. The van der Waals surface area contributed by atoms with Gasteiger partial charge in [0.05, 0.1) is 0 Å². The molecule has 46 heavy (non-hydrogen) atoms. The van der Waals surface area contributed by atoms with Gasteiger partial charge in [-0.05, 0) is 0 Å². The van der Waals surface area contributed by atoms with E-state index < -0.39 is 52.7 Å². The zero-order chi connectivity index (χ0) is 31.6. The topological polar surface area (TPSA) is 135 Å². The number of aryl methyl sites for hydroxylation is 1. The summed E-state index contributed by atoms with van der Waals surface area (Å²) < 4.78 is 79.1. The Balaban J connectivity index is 0.00000417. The fourth-order valence-electron chi connectivity index (χ4n) is 5.50. The summed E-state index contributed by atoms with van der Waals surface area (Å²) in [5.74, 6) is -0.429. The molecule has 5 aromatic rings.